The maximum absolute atomic E-state index is 13.9. The van der Waals surface area contributed by atoms with Crippen LogP contribution in [0.2, 0.25) is 0 Å². The predicted molar refractivity (Wildman–Crippen MR) is 119 cm³/mol. The molecule has 0 aliphatic rings. The highest BCUT2D eigenvalue weighted by molar-refractivity contribution is 5.94. The number of methoxy groups -OCH3 is 1. The van der Waals surface area contributed by atoms with Gasteiger partial charge in [0.2, 0.25) is 0 Å². The molecule has 32 heavy (non-hydrogen) atoms. The lowest BCUT2D eigenvalue weighted by Crippen LogP contribution is -2.26. The highest BCUT2D eigenvalue weighted by Crippen LogP contribution is 2.20. The molecule has 0 aliphatic carbocycles. The highest BCUT2D eigenvalue weighted by atomic mass is 19.1. The second kappa shape index (κ2) is 9.09. The van der Waals surface area contributed by atoms with Gasteiger partial charge < -0.3 is 18.8 Å². The van der Waals surface area contributed by atoms with E-state index in [0.717, 1.165) is 16.9 Å². The van der Waals surface area contributed by atoms with Gasteiger partial charge in [-0.3, -0.25) is 4.79 Å². The summed E-state index contributed by atoms with van der Waals surface area (Å²) in [5.41, 5.74) is 4.04. The minimum absolute atomic E-state index is 0.163. The first-order valence-corrected chi connectivity index (χ1v) is 10.2. The SMILES string of the molecule is COc1ccc(CN(C)C(=O)c2ccc(OCc3cn4cccc(C)c4n3)cc2)cc1F. The maximum atomic E-state index is 13.9. The molecule has 2 aromatic carbocycles. The molecule has 6 nitrogen and oxygen atoms in total. The first-order valence-electron chi connectivity index (χ1n) is 10.2. The molecule has 164 valence electrons. The predicted octanol–water partition coefficient (Wildman–Crippen LogP) is 4.64. The summed E-state index contributed by atoms with van der Waals surface area (Å²) in [6, 6.07) is 15.6. The van der Waals surface area contributed by atoms with Crippen molar-refractivity contribution < 1.29 is 18.7 Å². The van der Waals surface area contributed by atoms with Crippen LogP contribution in [0.5, 0.6) is 11.5 Å². The molecule has 2 aromatic heterocycles. The Bertz CT molecular complexity index is 1250. The van der Waals surface area contributed by atoms with Crippen LogP contribution in [0, 0.1) is 12.7 Å². The van der Waals surface area contributed by atoms with Gasteiger partial charge in [-0.15, -0.1) is 0 Å². The molecule has 0 saturated heterocycles. The van der Waals surface area contributed by atoms with E-state index < -0.39 is 5.82 Å². The molecule has 0 unspecified atom stereocenters. The van der Waals surface area contributed by atoms with Crippen LogP contribution in [0.4, 0.5) is 4.39 Å². The van der Waals surface area contributed by atoms with Crippen LogP contribution in [-0.2, 0) is 13.2 Å². The van der Waals surface area contributed by atoms with Gasteiger partial charge in [0, 0.05) is 31.5 Å². The number of hydrogen-bond acceptors (Lipinski definition) is 4. The number of pyridine rings is 1. The number of aryl methyl sites for hydroxylation is 1. The number of nitrogens with zero attached hydrogens (tertiary/aromatic N) is 3. The molecule has 7 heteroatoms. The minimum atomic E-state index is -0.451. The third kappa shape index (κ3) is 4.56. The van der Waals surface area contributed by atoms with E-state index in [9.17, 15) is 9.18 Å². The Hall–Kier alpha value is -3.87. The lowest BCUT2D eigenvalue weighted by molar-refractivity contribution is 0.0785. The zero-order valence-corrected chi connectivity index (χ0v) is 18.2. The van der Waals surface area contributed by atoms with Crippen molar-refractivity contribution in [2.45, 2.75) is 20.1 Å². The second-order valence-electron chi connectivity index (χ2n) is 7.60. The Kier molecular flexibility index (Phi) is 6.07. The minimum Gasteiger partial charge on any atom is -0.494 e. The van der Waals surface area contributed by atoms with Crippen molar-refractivity contribution in [1.82, 2.24) is 14.3 Å². The first-order chi connectivity index (χ1) is 15.4. The maximum Gasteiger partial charge on any atom is 0.253 e. The summed E-state index contributed by atoms with van der Waals surface area (Å²) < 4.78 is 26.6. The quantitative estimate of drug-likeness (QED) is 0.426. The molecule has 0 atom stereocenters. The normalized spacial score (nSPS) is 10.9. The molecule has 0 saturated carbocycles. The number of imidazole rings is 1. The molecule has 0 radical (unpaired) electrons. The lowest BCUT2D eigenvalue weighted by Gasteiger charge is -2.18. The van der Waals surface area contributed by atoms with E-state index >= 15 is 0 Å². The number of hydrogen-bond donors (Lipinski definition) is 0. The van der Waals surface area contributed by atoms with Crippen LogP contribution < -0.4 is 9.47 Å². The number of carbonyl (C=O) groups is 1. The van der Waals surface area contributed by atoms with E-state index in [-0.39, 0.29) is 18.2 Å². The van der Waals surface area contributed by atoms with Gasteiger partial charge in [-0.2, -0.15) is 0 Å². The van der Waals surface area contributed by atoms with Gasteiger partial charge >= 0.3 is 0 Å². The molecule has 0 aliphatic heterocycles. The van der Waals surface area contributed by atoms with E-state index in [1.807, 2.05) is 35.9 Å². The van der Waals surface area contributed by atoms with Gasteiger partial charge in [0.15, 0.2) is 11.6 Å². The zero-order chi connectivity index (χ0) is 22.7. The van der Waals surface area contributed by atoms with Gasteiger partial charge in [-0.25, -0.2) is 9.37 Å². The fraction of sp³-hybridized carbons (Fsp3) is 0.200. The van der Waals surface area contributed by atoms with E-state index in [1.54, 1.807) is 43.4 Å². The smallest absolute Gasteiger partial charge is 0.253 e. The van der Waals surface area contributed by atoms with Crippen molar-refractivity contribution in [3.63, 3.8) is 0 Å². The Morgan fingerprint density at radius 2 is 1.94 bits per heavy atom. The Morgan fingerprint density at radius 1 is 1.16 bits per heavy atom. The molecule has 0 bridgehead atoms. The molecule has 0 N–H and O–H groups in total. The van der Waals surface area contributed by atoms with Crippen LogP contribution in [0.1, 0.15) is 27.2 Å². The standard InChI is InChI=1S/C25H24FN3O3/c1-17-5-4-12-29-15-20(27-24(17)29)16-32-21-9-7-19(8-10-21)25(30)28(2)14-18-6-11-23(31-3)22(26)13-18/h4-13,15H,14,16H2,1-3H3. The fourth-order valence-electron chi connectivity index (χ4n) is 3.50. The molecule has 2 heterocycles. The number of ether oxygens (including phenoxy) is 2. The van der Waals surface area contributed by atoms with Crippen LogP contribution in [0.3, 0.4) is 0 Å². The second-order valence-corrected chi connectivity index (χ2v) is 7.60. The average Bonchev–Trinajstić information content (AvgIpc) is 3.22. The molecule has 1 amide bonds. The number of fused-ring (bicyclic) bond motifs is 1. The Balaban J connectivity index is 1.37. The third-order valence-corrected chi connectivity index (χ3v) is 5.20. The zero-order valence-electron chi connectivity index (χ0n) is 18.2. The van der Waals surface area contributed by atoms with Crippen molar-refractivity contribution >= 4 is 11.6 Å². The topological polar surface area (TPSA) is 56.1 Å². The van der Waals surface area contributed by atoms with Crippen molar-refractivity contribution in [3.8, 4) is 11.5 Å². The van der Waals surface area contributed by atoms with Crippen molar-refractivity contribution in [2.24, 2.45) is 0 Å². The van der Waals surface area contributed by atoms with E-state index in [2.05, 4.69) is 4.98 Å². The number of halogens is 1. The Morgan fingerprint density at radius 3 is 2.62 bits per heavy atom. The van der Waals surface area contributed by atoms with Crippen LogP contribution in [-0.4, -0.2) is 34.3 Å². The summed E-state index contributed by atoms with van der Waals surface area (Å²) in [5.74, 6) is 0.212. The summed E-state index contributed by atoms with van der Waals surface area (Å²) >= 11 is 0. The number of amides is 1. The molecular formula is C25H24FN3O3. The fourth-order valence-corrected chi connectivity index (χ4v) is 3.50. The third-order valence-electron chi connectivity index (χ3n) is 5.20. The van der Waals surface area contributed by atoms with Crippen LogP contribution in [0.15, 0.2) is 67.0 Å². The summed E-state index contributed by atoms with van der Waals surface area (Å²) in [7, 11) is 3.10. The van der Waals surface area contributed by atoms with Crippen LogP contribution in [0.25, 0.3) is 5.65 Å². The lowest BCUT2D eigenvalue weighted by atomic mass is 10.1. The van der Waals surface area contributed by atoms with Crippen molar-refractivity contribution in [1.29, 1.82) is 0 Å². The molecule has 0 spiro atoms. The van der Waals surface area contributed by atoms with Gasteiger partial charge in [-0.05, 0) is 60.5 Å². The monoisotopic (exact) mass is 433 g/mol. The van der Waals surface area contributed by atoms with E-state index in [0.29, 0.717) is 23.5 Å². The summed E-state index contributed by atoms with van der Waals surface area (Å²) in [6.45, 7) is 2.63. The summed E-state index contributed by atoms with van der Waals surface area (Å²) in [4.78, 5) is 18.9. The number of benzene rings is 2. The number of aromatic nitrogens is 2. The number of carbonyl (C=O) groups excluding carboxylic acids is 1. The van der Waals surface area contributed by atoms with E-state index in [1.165, 1.54) is 18.1 Å². The number of rotatable bonds is 7. The first kappa shape index (κ1) is 21.4. The van der Waals surface area contributed by atoms with Gasteiger partial charge in [0.1, 0.15) is 18.0 Å². The highest BCUT2D eigenvalue weighted by Gasteiger charge is 2.14. The molecule has 0 fully saturated rings. The Labute approximate surface area is 185 Å². The van der Waals surface area contributed by atoms with Crippen molar-refractivity contribution in [2.75, 3.05) is 14.2 Å². The largest absolute Gasteiger partial charge is 0.494 e. The van der Waals surface area contributed by atoms with Crippen LogP contribution >= 0.6 is 0 Å². The average molecular weight is 433 g/mol. The summed E-state index contributed by atoms with van der Waals surface area (Å²) in [5, 5.41) is 0. The molecule has 4 rings (SSSR count). The summed E-state index contributed by atoms with van der Waals surface area (Å²) in [6.07, 6.45) is 3.90. The van der Waals surface area contributed by atoms with E-state index in [4.69, 9.17) is 9.47 Å². The van der Waals surface area contributed by atoms with Crippen molar-refractivity contribution in [3.05, 3.63) is 95.2 Å². The molecular weight excluding hydrogens is 409 g/mol. The van der Waals surface area contributed by atoms with Gasteiger partial charge in [-0.1, -0.05) is 12.1 Å². The van der Waals surface area contributed by atoms with Gasteiger partial charge in [0.05, 0.1) is 12.8 Å². The molecule has 4 aromatic rings. The van der Waals surface area contributed by atoms with Gasteiger partial charge in [0.25, 0.3) is 5.91 Å².